The predicted octanol–water partition coefficient (Wildman–Crippen LogP) is 5.83. The van der Waals surface area contributed by atoms with Gasteiger partial charge < -0.3 is 10.1 Å². The van der Waals surface area contributed by atoms with E-state index < -0.39 is 6.23 Å². The van der Waals surface area contributed by atoms with Crippen molar-refractivity contribution in [2.75, 3.05) is 24.1 Å². The van der Waals surface area contributed by atoms with Crippen LogP contribution in [0.2, 0.25) is 0 Å². The molecule has 0 bridgehead atoms. The van der Waals surface area contributed by atoms with E-state index in [-0.39, 0.29) is 0 Å². The zero-order valence-corrected chi connectivity index (χ0v) is 19.9. The lowest BCUT2D eigenvalue weighted by molar-refractivity contribution is 0.157. The van der Waals surface area contributed by atoms with Gasteiger partial charge >= 0.3 is 0 Å². The van der Waals surface area contributed by atoms with Gasteiger partial charge in [0.1, 0.15) is 18.1 Å². The fraction of sp³-hybridized carbons (Fsp3) is 0.148. The Morgan fingerprint density at radius 3 is 2.41 bits per heavy atom. The van der Waals surface area contributed by atoms with Crippen molar-refractivity contribution in [1.82, 2.24) is 4.98 Å². The van der Waals surface area contributed by atoms with Crippen LogP contribution in [-0.2, 0) is 4.74 Å². The Morgan fingerprint density at radius 2 is 1.71 bits per heavy atom. The van der Waals surface area contributed by atoms with Crippen LogP contribution in [0.15, 0.2) is 100 Å². The second-order valence-electron chi connectivity index (χ2n) is 7.88. The summed E-state index contributed by atoms with van der Waals surface area (Å²) in [6.07, 6.45) is -0.468. The van der Waals surface area contributed by atoms with Crippen molar-refractivity contribution in [1.29, 1.82) is 0 Å². The highest BCUT2D eigenvalue weighted by Gasteiger charge is 2.36. The molecule has 1 unspecified atom stereocenters. The number of methoxy groups -OCH3 is 1. The van der Waals surface area contributed by atoms with Crippen molar-refractivity contribution in [2.24, 2.45) is 10.1 Å². The maximum Gasteiger partial charge on any atom is 0.209 e. The van der Waals surface area contributed by atoms with Gasteiger partial charge in [-0.05, 0) is 24.6 Å². The Kier molecular flexibility index (Phi) is 6.46. The van der Waals surface area contributed by atoms with Gasteiger partial charge in [-0.1, -0.05) is 72.8 Å². The average Bonchev–Trinajstić information content (AvgIpc) is 3.50. The van der Waals surface area contributed by atoms with Crippen LogP contribution >= 0.6 is 11.3 Å². The number of benzene rings is 3. The number of ether oxygens (including phenoxy) is 1. The van der Waals surface area contributed by atoms with Crippen molar-refractivity contribution in [3.05, 3.63) is 101 Å². The van der Waals surface area contributed by atoms with Crippen LogP contribution in [0.25, 0.3) is 11.3 Å². The van der Waals surface area contributed by atoms with Gasteiger partial charge in [-0.3, -0.25) is 4.99 Å². The van der Waals surface area contributed by atoms with Gasteiger partial charge in [0.05, 0.1) is 5.69 Å². The number of aliphatic imine (C=N–C) groups is 1. The number of thiazole rings is 1. The average molecular weight is 468 g/mol. The van der Waals surface area contributed by atoms with Gasteiger partial charge in [0.15, 0.2) is 6.23 Å². The summed E-state index contributed by atoms with van der Waals surface area (Å²) >= 11 is 1.54. The van der Waals surface area contributed by atoms with Gasteiger partial charge in [-0.25, -0.2) is 9.99 Å². The molecule has 1 N–H and O–H groups in total. The lowest BCUT2D eigenvalue weighted by Gasteiger charge is -2.19. The molecular weight excluding hydrogens is 442 g/mol. The summed E-state index contributed by atoms with van der Waals surface area (Å²) in [5.41, 5.74) is 6.75. The molecule has 0 spiro atoms. The van der Waals surface area contributed by atoms with E-state index >= 15 is 0 Å². The molecule has 1 atom stereocenters. The summed E-state index contributed by atoms with van der Waals surface area (Å²) in [6.45, 7) is 2.48. The molecule has 0 saturated carbocycles. The fourth-order valence-corrected chi connectivity index (χ4v) is 4.64. The molecule has 7 heteroatoms. The summed E-state index contributed by atoms with van der Waals surface area (Å²) in [4.78, 5) is 9.73. The van der Waals surface area contributed by atoms with Gasteiger partial charge in [0.2, 0.25) is 5.13 Å². The Morgan fingerprint density at radius 1 is 0.971 bits per heavy atom. The third kappa shape index (κ3) is 4.62. The number of hydrazone groups is 1. The van der Waals surface area contributed by atoms with E-state index in [1.807, 2.05) is 71.1 Å². The molecule has 0 radical (unpaired) electrons. The number of rotatable bonds is 7. The first-order valence-corrected chi connectivity index (χ1v) is 11.9. The zero-order chi connectivity index (χ0) is 23.3. The predicted molar refractivity (Wildman–Crippen MR) is 141 cm³/mol. The minimum Gasteiger partial charge on any atom is -0.366 e. The van der Waals surface area contributed by atoms with Crippen molar-refractivity contribution in [3.8, 4) is 11.3 Å². The lowest BCUT2D eigenvalue weighted by Crippen LogP contribution is -2.36. The van der Waals surface area contributed by atoms with E-state index in [0.29, 0.717) is 6.67 Å². The first-order valence-electron chi connectivity index (χ1n) is 11.0. The van der Waals surface area contributed by atoms with Crippen LogP contribution < -0.4 is 10.3 Å². The monoisotopic (exact) mass is 467 g/mol. The van der Waals surface area contributed by atoms with Gasteiger partial charge in [0, 0.05) is 29.3 Å². The first-order chi connectivity index (χ1) is 16.7. The number of nitrogens with zero attached hydrogens (tertiary/aromatic N) is 4. The number of hydrogen-bond donors (Lipinski definition) is 1. The molecule has 1 aliphatic heterocycles. The van der Waals surface area contributed by atoms with Crippen molar-refractivity contribution >= 4 is 33.6 Å². The second-order valence-corrected chi connectivity index (χ2v) is 8.71. The fourth-order valence-electron chi connectivity index (χ4n) is 3.84. The second kappa shape index (κ2) is 9.99. The normalized spacial score (nSPS) is 16.6. The van der Waals surface area contributed by atoms with Crippen molar-refractivity contribution in [2.45, 2.75) is 13.2 Å². The molecule has 170 valence electrons. The highest BCUT2D eigenvalue weighted by molar-refractivity contribution is 7.14. The molecule has 0 amide bonds. The first kappa shape index (κ1) is 22.0. The quantitative estimate of drug-likeness (QED) is 0.372. The lowest BCUT2D eigenvalue weighted by atomic mass is 10.1. The zero-order valence-electron chi connectivity index (χ0n) is 19.1. The molecule has 4 aromatic rings. The number of hydrogen-bond acceptors (Lipinski definition) is 7. The molecule has 6 nitrogen and oxygen atoms in total. The van der Waals surface area contributed by atoms with Crippen LogP contribution in [0.5, 0.6) is 0 Å². The topological polar surface area (TPSA) is 62.1 Å². The van der Waals surface area contributed by atoms with E-state index in [1.165, 1.54) is 16.9 Å². The van der Waals surface area contributed by atoms with Crippen molar-refractivity contribution in [3.63, 3.8) is 0 Å². The van der Waals surface area contributed by atoms with Crippen LogP contribution in [0.1, 0.15) is 11.1 Å². The summed E-state index contributed by atoms with van der Waals surface area (Å²) < 4.78 is 5.90. The van der Waals surface area contributed by atoms with E-state index in [9.17, 15) is 0 Å². The van der Waals surface area contributed by atoms with E-state index in [1.54, 1.807) is 7.11 Å². The molecule has 1 aromatic heterocycles. The van der Waals surface area contributed by atoms with Crippen LogP contribution in [0, 0.1) is 6.92 Å². The third-order valence-electron chi connectivity index (χ3n) is 5.49. The van der Waals surface area contributed by atoms with E-state index in [2.05, 4.69) is 36.5 Å². The Bertz CT molecular complexity index is 1320. The molecule has 2 heterocycles. The van der Waals surface area contributed by atoms with Gasteiger partial charge in [0.25, 0.3) is 0 Å². The van der Waals surface area contributed by atoms with Gasteiger partial charge in [-0.15, -0.1) is 11.3 Å². The summed E-state index contributed by atoms with van der Waals surface area (Å²) in [5.74, 6) is 0. The molecule has 34 heavy (non-hydrogen) atoms. The SMILES string of the molecule is COC1/C(=N/CNc2cccc(C)c2)C(c2ccccc2)=NN1c1nc(-c2ccccc2)cs1. The Labute approximate surface area is 203 Å². The molecule has 0 fully saturated rings. The molecule has 1 aliphatic rings. The standard InChI is InChI=1S/C27H25N5OS/c1-19-10-9-15-22(16-19)28-18-29-25-24(21-13-7-4-8-14-21)31-32(26(25)33-2)27-30-23(17-34-27)20-11-5-3-6-12-20/h3-17,26,28H,18H2,1-2H3/b29-25+. The number of aryl methyl sites for hydroxylation is 1. The minimum absolute atomic E-state index is 0.408. The number of anilines is 2. The molecule has 5 rings (SSSR count). The molecule has 3 aromatic carbocycles. The summed E-state index contributed by atoms with van der Waals surface area (Å²) in [5, 5.41) is 12.9. The highest BCUT2D eigenvalue weighted by atomic mass is 32.1. The van der Waals surface area contributed by atoms with Crippen LogP contribution in [0.3, 0.4) is 0 Å². The number of nitrogens with one attached hydrogen (secondary N) is 1. The molecule has 0 saturated heterocycles. The molecular formula is C27H25N5OS. The van der Waals surface area contributed by atoms with Crippen LogP contribution in [-0.4, -0.2) is 36.4 Å². The number of aromatic nitrogens is 1. The minimum atomic E-state index is -0.468. The van der Waals surface area contributed by atoms with Gasteiger partial charge in [-0.2, -0.15) is 5.10 Å². The smallest absolute Gasteiger partial charge is 0.209 e. The Balaban J connectivity index is 1.47. The maximum absolute atomic E-state index is 5.90. The van der Waals surface area contributed by atoms with Crippen LogP contribution in [0.4, 0.5) is 10.8 Å². The largest absolute Gasteiger partial charge is 0.366 e. The van der Waals surface area contributed by atoms with E-state index in [0.717, 1.165) is 39.1 Å². The third-order valence-corrected chi connectivity index (χ3v) is 6.32. The van der Waals surface area contributed by atoms with Crippen molar-refractivity contribution < 1.29 is 4.74 Å². The summed E-state index contributed by atoms with van der Waals surface area (Å²) in [6, 6.07) is 28.5. The Hall–Kier alpha value is -3.81. The molecule has 0 aliphatic carbocycles. The summed E-state index contributed by atoms with van der Waals surface area (Å²) in [7, 11) is 1.68. The highest BCUT2D eigenvalue weighted by Crippen LogP contribution is 2.32. The maximum atomic E-state index is 5.90. The van der Waals surface area contributed by atoms with E-state index in [4.69, 9.17) is 19.8 Å².